The molecule has 6 heterocycles. The highest BCUT2D eigenvalue weighted by molar-refractivity contribution is 6.31. The Labute approximate surface area is 557 Å². The average Bonchev–Trinajstić information content (AvgIpc) is 1.52. The predicted octanol–water partition coefficient (Wildman–Crippen LogP) is 19.5. The maximum atomic E-state index is 13.0. The number of nitrogens with zero attached hydrogens (tertiary/aromatic N) is 5. The van der Waals surface area contributed by atoms with Gasteiger partial charge in [-0.1, -0.05) is 71.2 Å². The molecule has 0 spiro atoms. The number of carbonyl (C=O) groups is 3. The van der Waals surface area contributed by atoms with E-state index in [9.17, 15) is 19.5 Å². The Hall–Kier alpha value is -7.11. The number of aromatic nitrogens is 6. The summed E-state index contributed by atoms with van der Waals surface area (Å²) in [7, 11) is 2.76. The van der Waals surface area contributed by atoms with Crippen molar-refractivity contribution in [1.82, 2.24) is 29.1 Å². The molecule has 6 aromatic heterocycles. The molecule has 0 saturated heterocycles. The fraction of sp³-hybridized carbons (Fsp3) is 0.432. The molecule has 492 valence electrons. The van der Waals surface area contributed by atoms with Crippen LogP contribution in [-0.2, 0) is 38.1 Å². The Balaban J connectivity index is 0.000000196. The summed E-state index contributed by atoms with van der Waals surface area (Å²) < 4.78 is 33.2. The van der Waals surface area contributed by atoms with Gasteiger partial charge >= 0.3 is 17.9 Å². The SMILES string of the molecule is COC(=O)C(OC(C)(C)C)c1c(C)nc2[nH]c(C)c(C)c2c1-c1ccc(Cl)cc1.COC(=O)C(OC(C)(C)C)c1c(C)nc2c(c(C)c(C)n2C(C)C)c1-c1ccc(Cl)cc1.Cc1nc2c(c(C)c(C)n2C(C)C)c(-c2ccc(Cl)cc2)c1C(OC(C)(C)C)C(=O)O. The summed E-state index contributed by atoms with van der Waals surface area (Å²) in [4.78, 5) is 56.2. The first-order valence-corrected chi connectivity index (χ1v) is 32.1. The molecule has 9 aromatic rings. The molecule has 3 atom stereocenters. The fourth-order valence-corrected chi connectivity index (χ4v) is 12.4. The lowest BCUT2D eigenvalue weighted by atomic mass is 9.91. The van der Waals surface area contributed by atoms with E-state index in [0.717, 1.165) is 112 Å². The van der Waals surface area contributed by atoms with Gasteiger partial charge in [-0.15, -0.1) is 0 Å². The highest BCUT2D eigenvalue weighted by Crippen LogP contribution is 2.47. The zero-order valence-corrected chi connectivity index (χ0v) is 60.2. The molecule has 0 aliphatic heterocycles. The van der Waals surface area contributed by atoms with Crippen molar-refractivity contribution in [2.24, 2.45) is 0 Å². The lowest BCUT2D eigenvalue weighted by Gasteiger charge is -2.29. The summed E-state index contributed by atoms with van der Waals surface area (Å²) >= 11 is 18.5. The minimum absolute atomic E-state index is 0.216. The van der Waals surface area contributed by atoms with Crippen LogP contribution in [0.25, 0.3) is 66.5 Å². The zero-order valence-electron chi connectivity index (χ0n) is 57.9. The van der Waals surface area contributed by atoms with Gasteiger partial charge in [-0.3, -0.25) is 0 Å². The summed E-state index contributed by atoms with van der Waals surface area (Å²) in [6, 6.07) is 23.2. The van der Waals surface area contributed by atoms with E-state index in [0.29, 0.717) is 37.6 Å². The standard InChI is InChI=1S/C26H33ClN2O3.C25H31ClN2O3.C23H27ClN2O3/c1-14(2)29-17(5)15(3)20-22(18-10-12-19(27)13-11-18)21(16(4)28-24(20)29)23(25(30)31-9)32-26(6,7)8;1-13(2)28-16(5)14(3)19-21(17-9-11-18(26)12-10-17)20(15(4)27-23(19)28)22(24(29)30)31-25(6,7)8;1-12-13(2)25-21-17(12)19(15-8-10-16(24)11-9-15)18(14(3)26-21)20(22(27)28-7)29-23(4,5)6/h10-14,23H,1-9H3;9-13,22H,1-8H3,(H,29,30);8-11,20H,1-7H3,(H,25,26). The zero-order chi connectivity index (χ0) is 68.7. The monoisotopic (exact) mass is 1310 g/mol. The Kier molecular flexibility index (Phi) is 22.2. The molecule has 3 unspecified atom stereocenters. The number of aromatic amines is 1. The van der Waals surface area contributed by atoms with Gasteiger partial charge in [0.2, 0.25) is 0 Å². The number of rotatable bonds is 14. The topological polar surface area (TPSA) is 182 Å². The summed E-state index contributed by atoms with van der Waals surface area (Å²) in [5.41, 5.74) is 17.0. The van der Waals surface area contributed by atoms with Crippen molar-refractivity contribution in [3.8, 4) is 33.4 Å². The molecular formula is C74H91Cl3N6O9. The molecule has 0 radical (unpaired) electrons. The van der Waals surface area contributed by atoms with E-state index in [1.807, 2.05) is 170 Å². The number of aliphatic carboxylic acids is 1. The summed E-state index contributed by atoms with van der Waals surface area (Å²) in [5, 5.41) is 15.0. The molecular weight excluding hydrogens is 1220 g/mol. The molecule has 0 amide bonds. The van der Waals surface area contributed by atoms with Crippen LogP contribution in [0.3, 0.4) is 0 Å². The number of methoxy groups -OCH3 is 2. The van der Waals surface area contributed by atoms with Crippen molar-refractivity contribution in [2.75, 3.05) is 14.2 Å². The fourth-order valence-electron chi connectivity index (χ4n) is 12.1. The van der Waals surface area contributed by atoms with E-state index >= 15 is 0 Å². The number of carboxylic acid groups (broad SMARTS) is 1. The predicted molar refractivity (Wildman–Crippen MR) is 373 cm³/mol. The first-order valence-electron chi connectivity index (χ1n) is 31.0. The number of ether oxygens (including phenoxy) is 5. The number of esters is 2. The first kappa shape index (κ1) is 72.3. The van der Waals surface area contributed by atoms with Crippen LogP contribution in [0.5, 0.6) is 0 Å². The second-order valence-electron chi connectivity index (χ2n) is 27.0. The number of carboxylic acids is 1. The van der Waals surface area contributed by atoms with Gasteiger partial charge in [-0.05, 0) is 222 Å². The normalized spacial score (nSPS) is 13.1. The van der Waals surface area contributed by atoms with Gasteiger partial charge in [0.25, 0.3) is 0 Å². The molecule has 0 aliphatic rings. The Morgan fingerprint density at radius 3 is 1.04 bits per heavy atom. The minimum Gasteiger partial charge on any atom is -0.479 e. The van der Waals surface area contributed by atoms with Crippen LogP contribution < -0.4 is 0 Å². The average molecular weight is 1310 g/mol. The van der Waals surface area contributed by atoms with Gasteiger partial charge in [0.05, 0.1) is 31.0 Å². The number of benzene rings is 3. The lowest BCUT2D eigenvalue weighted by molar-refractivity contribution is -0.164. The van der Waals surface area contributed by atoms with E-state index in [1.165, 1.54) is 14.2 Å². The van der Waals surface area contributed by atoms with Gasteiger partial charge in [0, 0.05) is 111 Å². The van der Waals surface area contributed by atoms with Gasteiger partial charge in [0.15, 0.2) is 18.3 Å². The Bertz CT molecular complexity index is 4220. The Morgan fingerprint density at radius 2 is 0.750 bits per heavy atom. The molecule has 9 rings (SSSR count). The molecule has 92 heavy (non-hydrogen) atoms. The molecule has 0 aliphatic carbocycles. The summed E-state index contributed by atoms with van der Waals surface area (Å²) in [6.45, 7) is 43.8. The van der Waals surface area contributed by atoms with Crippen molar-refractivity contribution in [1.29, 1.82) is 0 Å². The number of nitrogens with one attached hydrogen (secondary N) is 1. The number of aryl methyl sites for hydroxylation is 7. The number of fused-ring (bicyclic) bond motifs is 3. The molecule has 3 aromatic carbocycles. The van der Waals surface area contributed by atoms with Crippen LogP contribution in [-0.4, -0.2) is 83.1 Å². The molecule has 2 N–H and O–H groups in total. The molecule has 15 nitrogen and oxygen atoms in total. The quantitative estimate of drug-likeness (QED) is 0.0985. The van der Waals surface area contributed by atoms with Crippen molar-refractivity contribution < 1.29 is 43.2 Å². The van der Waals surface area contributed by atoms with Crippen molar-refractivity contribution in [3.63, 3.8) is 0 Å². The van der Waals surface area contributed by atoms with Gasteiger partial charge in [-0.2, -0.15) is 0 Å². The third kappa shape index (κ3) is 15.4. The highest BCUT2D eigenvalue weighted by Gasteiger charge is 2.38. The number of pyridine rings is 3. The van der Waals surface area contributed by atoms with Crippen LogP contribution in [0.2, 0.25) is 15.1 Å². The highest BCUT2D eigenvalue weighted by atomic mass is 35.5. The van der Waals surface area contributed by atoms with Crippen LogP contribution in [0, 0.1) is 62.3 Å². The van der Waals surface area contributed by atoms with Gasteiger partial charge in [-0.25, -0.2) is 29.3 Å². The van der Waals surface area contributed by atoms with E-state index < -0.39 is 53.0 Å². The number of hydrogen-bond acceptors (Lipinski definition) is 11. The minimum atomic E-state index is -1.15. The summed E-state index contributed by atoms with van der Waals surface area (Å²) in [5.74, 6) is -1.94. The molecule has 0 fully saturated rings. The van der Waals surface area contributed by atoms with E-state index in [4.69, 9.17) is 73.4 Å². The number of carbonyl (C=O) groups excluding carboxylic acids is 2. The first-order chi connectivity index (χ1) is 42.7. The van der Waals surface area contributed by atoms with E-state index in [-0.39, 0.29) is 12.1 Å². The van der Waals surface area contributed by atoms with Crippen LogP contribution in [0.1, 0.15) is 188 Å². The smallest absolute Gasteiger partial charge is 0.339 e. The number of H-pyrrole nitrogens is 1. The summed E-state index contributed by atoms with van der Waals surface area (Å²) in [6.07, 6.45) is -2.97. The molecule has 0 bridgehead atoms. The van der Waals surface area contributed by atoms with Crippen molar-refractivity contribution in [2.45, 2.75) is 200 Å². The van der Waals surface area contributed by atoms with Crippen LogP contribution in [0.15, 0.2) is 72.8 Å². The lowest BCUT2D eigenvalue weighted by Crippen LogP contribution is -2.29. The van der Waals surface area contributed by atoms with E-state index in [2.05, 4.69) is 69.5 Å². The maximum Gasteiger partial charge on any atom is 0.339 e. The van der Waals surface area contributed by atoms with Crippen molar-refractivity contribution >= 4 is 85.8 Å². The second kappa shape index (κ2) is 28.2. The maximum absolute atomic E-state index is 13.0. The third-order valence-electron chi connectivity index (χ3n) is 16.2. The number of halogens is 3. The van der Waals surface area contributed by atoms with Crippen LogP contribution >= 0.6 is 34.8 Å². The van der Waals surface area contributed by atoms with E-state index in [1.54, 1.807) is 0 Å². The third-order valence-corrected chi connectivity index (χ3v) is 16.9. The second-order valence-corrected chi connectivity index (χ2v) is 28.3. The van der Waals surface area contributed by atoms with Crippen molar-refractivity contribution in [3.05, 3.63) is 155 Å². The van der Waals surface area contributed by atoms with Gasteiger partial charge in [0.1, 0.15) is 16.9 Å². The molecule has 0 saturated carbocycles. The van der Waals surface area contributed by atoms with Crippen LogP contribution in [0.4, 0.5) is 0 Å². The number of hydrogen-bond donors (Lipinski definition) is 2. The largest absolute Gasteiger partial charge is 0.479 e. The Morgan fingerprint density at radius 1 is 0.457 bits per heavy atom. The van der Waals surface area contributed by atoms with Gasteiger partial charge < -0.3 is 42.9 Å². The molecule has 18 heteroatoms.